The van der Waals surface area contributed by atoms with Crippen LogP contribution in [0.1, 0.15) is 26.3 Å². The fourth-order valence-electron chi connectivity index (χ4n) is 7.90. The van der Waals surface area contributed by atoms with Crippen LogP contribution in [0, 0.1) is 6.07 Å². The summed E-state index contributed by atoms with van der Waals surface area (Å²) in [5, 5.41) is 15.6. The van der Waals surface area contributed by atoms with Crippen molar-refractivity contribution in [2.24, 2.45) is 0 Å². The van der Waals surface area contributed by atoms with Gasteiger partial charge in [-0.2, -0.15) is 0 Å². The smallest absolute Gasteiger partial charge is 0.148 e. The van der Waals surface area contributed by atoms with Gasteiger partial charge in [0.15, 0.2) is 0 Å². The van der Waals surface area contributed by atoms with Crippen LogP contribution in [0.3, 0.4) is 0 Å². The van der Waals surface area contributed by atoms with Crippen LogP contribution in [-0.2, 0) is 26.5 Å². The molecular formula is C50H36N3O2Pt-. The Hall–Kier alpha value is -6.29. The molecule has 10 rings (SSSR count). The Morgan fingerprint density at radius 2 is 1.38 bits per heavy atom. The van der Waals surface area contributed by atoms with Gasteiger partial charge in [-0.15, -0.1) is 29.8 Å². The molecule has 0 radical (unpaired) electrons. The van der Waals surface area contributed by atoms with Crippen molar-refractivity contribution < 1.29 is 30.6 Å². The fraction of sp³-hybridized carbons (Fsp3) is 0.0800. The molecule has 0 aliphatic heterocycles. The molecule has 56 heavy (non-hydrogen) atoms. The van der Waals surface area contributed by atoms with Crippen molar-refractivity contribution in [3.63, 3.8) is 0 Å². The molecule has 3 aromatic heterocycles. The number of phenols is 1. The third kappa shape index (κ3) is 5.82. The van der Waals surface area contributed by atoms with E-state index in [9.17, 15) is 5.11 Å². The molecule has 0 bridgehead atoms. The molecule has 0 saturated carbocycles. The van der Waals surface area contributed by atoms with Crippen LogP contribution in [0.15, 0.2) is 162 Å². The second-order valence-electron chi connectivity index (χ2n) is 15.1. The minimum Gasteiger partial charge on any atom is -0.507 e. The summed E-state index contributed by atoms with van der Waals surface area (Å²) < 4.78 is 8.58. The predicted molar refractivity (Wildman–Crippen MR) is 225 cm³/mol. The van der Waals surface area contributed by atoms with Gasteiger partial charge >= 0.3 is 0 Å². The average molecular weight is 906 g/mol. The first-order valence-electron chi connectivity index (χ1n) is 18.6. The van der Waals surface area contributed by atoms with Gasteiger partial charge in [-0.25, -0.2) is 4.98 Å². The van der Waals surface area contributed by atoms with Crippen LogP contribution < -0.4 is 0 Å². The van der Waals surface area contributed by atoms with E-state index in [1.165, 1.54) is 5.56 Å². The number of furan rings is 1. The minimum atomic E-state index is -0.0529. The third-order valence-electron chi connectivity index (χ3n) is 10.6. The molecular weight excluding hydrogens is 870 g/mol. The maximum atomic E-state index is 11.3. The number of pyridine rings is 1. The van der Waals surface area contributed by atoms with E-state index in [-0.39, 0.29) is 32.2 Å². The first-order chi connectivity index (χ1) is 26.8. The first kappa shape index (κ1) is 35.4. The predicted octanol–water partition coefficient (Wildman–Crippen LogP) is 12.9. The van der Waals surface area contributed by atoms with Gasteiger partial charge in [-0.3, -0.25) is 9.55 Å². The van der Waals surface area contributed by atoms with Crippen molar-refractivity contribution in [3.8, 4) is 56.3 Å². The van der Waals surface area contributed by atoms with Gasteiger partial charge in [0.05, 0.1) is 22.3 Å². The Kier molecular flexibility index (Phi) is 8.71. The number of fused-ring (bicyclic) bond motifs is 6. The van der Waals surface area contributed by atoms with Gasteiger partial charge in [0, 0.05) is 49.3 Å². The molecule has 7 aromatic carbocycles. The van der Waals surface area contributed by atoms with Gasteiger partial charge in [0.25, 0.3) is 0 Å². The molecule has 0 saturated heterocycles. The number of imidazole rings is 1. The standard InChI is InChI=1S/C50H36N3O2.Pt/c1-50(2,3)35-24-25-40(39(30-35)31-13-5-4-6-14-31)53-41-21-12-20-37(48(41)52-49(53)38-19-9-10-22-42(38)54)33-16-11-17-34(29-33)47-46-44(27-28-51-47)55-43-26-23-32-15-7-8-18-36(32)45(43)46;/h4-28,30,54H,1-3H3;/q-1;. The van der Waals surface area contributed by atoms with Crippen molar-refractivity contribution in [1.82, 2.24) is 14.5 Å². The van der Waals surface area contributed by atoms with E-state index in [1.54, 1.807) is 12.3 Å². The number of hydrogen-bond donors (Lipinski definition) is 1. The SMILES string of the molecule is CC(C)(C)c1ccc(-n2c(-c3ccccc3O)nc3c(-c4[c-]c(-c5nccc6oc7ccc8ccccc8c7c56)ccc4)cccc32)c(-c2ccccc2)c1.[Pt]. The van der Waals surface area contributed by atoms with E-state index in [0.717, 1.165) is 82.9 Å². The average Bonchev–Trinajstić information content (AvgIpc) is 3.80. The molecule has 0 amide bonds. The zero-order valence-corrected chi connectivity index (χ0v) is 33.3. The van der Waals surface area contributed by atoms with Crippen LogP contribution in [0.4, 0.5) is 0 Å². The molecule has 0 aliphatic rings. The summed E-state index contributed by atoms with van der Waals surface area (Å²) in [5.41, 5.74) is 11.8. The van der Waals surface area contributed by atoms with E-state index in [0.29, 0.717) is 11.4 Å². The van der Waals surface area contributed by atoms with Gasteiger partial charge in [-0.05, 0) is 69.8 Å². The molecule has 5 nitrogen and oxygen atoms in total. The van der Waals surface area contributed by atoms with E-state index >= 15 is 0 Å². The zero-order chi connectivity index (χ0) is 37.3. The number of hydrogen-bond acceptors (Lipinski definition) is 4. The van der Waals surface area contributed by atoms with Crippen LogP contribution in [0.5, 0.6) is 5.75 Å². The maximum Gasteiger partial charge on any atom is 0.148 e. The molecule has 0 atom stereocenters. The molecule has 1 N–H and O–H groups in total. The van der Waals surface area contributed by atoms with Gasteiger partial charge in [-0.1, -0.05) is 123 Å². The van der Waals surface area contributed by atoms with Crippen LogP contribution in [-0.4, -0.2) is 19.6 Å². The number of nitrogens with zero attached hydrogens (tertiary/aromatic N) is 3. The van der Waals surface area contributed by atoms with Crippen LogP contribution in [0.2, 0.25) is 0 Å². The van der Waals surface area contributed by atoms with Crippen molar-refractivity contribution in [1.29, 1.82) is 0 Å². The molecule has 0 spiro atoms. The summed E-state index contributed by atoms with van der Waals surface area (Å²) in [6.45, 7) is 6.71. The number of rotatable bonds is 5. The quantitative estimate of drug-likeness (QED) is 0.175. The second-order valence-corrected chi connectivity index (χ2v) is 15.1. The summed E-state index contributed by atoms with van der Waals surface area (Å²) in [7, 11) is 0. The molecule has 0 unspecified atom stereocenters. The van der Waals surface area contributed by atoms with Gasteiger partial charge in [0.1, 0.15) is 22.7 Å². The number of aromatic nitrogens is 3. The van der Waals surface area contributed by atoms with E-state index in [2.05, 4.69) is 141 Å². The first-order valence-corrected chi connectivity index (χ1v) is 18.6. The minimum absolute atomic E-state index is 0. The molecule has 3 heterocycles. The monoisotopic (exact) mass is 905 g/mol. The largest absolute Gasteiger partial charge is 0.507 e. The topological polar surface area (TPSA) is 64.1 Å². The number of para-hydroxylation sites is 2. The summed E-state index contributed by atoms with van der Waals surface area (Å²) >= 11 is 0. The number of benzene rings is 7. The Morgan fingerprint density at radius 1 is 0.643 bits per heavy atom. The Morgan fingerprint density at radius 3 is 2.21 bits per heavy atom. The van der Waals surface area contributed by atoms with Gasteiger partial charge in [0.2, 0.25) is 0 Å². The molecule has 0 aliphatic carbocycles. The second kappa shape index (κ2) is 13.8. The van der Waals surface area contributed by atoms with E-state index in [4.69, 9.17) is 14.4 Å². The molecule has 0 fully saturated rings. The van der Waals surface area contributed by atoms with Crippen molar-refractivity contribution in [2.45, 2.75) is 26.2 Å². The van der Waals surface area contributed by atoms with Crippen molar-refractivity contribution >= 4 is 43.7 Å². The summed E-state index contributed by atoms with van der Waals surface area (Å²) in [5.74, 6) is 0.821. The Bertz CT molecular complexity index is 3100. The normalized spacial score (nSPS) is 11.8. The molecule has 10 aromatic rings. The van der Waals surface area contributed by atoms with Crippen LogP contribution >= 0.6 is 0 Å². The summed E-state index contributed by atoms with van der Waals surface area (Å²) in [4.78, 5) is 10.3. The number of phenolic OH excluding ortho intramolecular Hbond substituents is 1. The Balaban J connectivity index is 0.00000410. The van der Waals surface area contributed by atoms with Gasteiger partial charge < -0.3 is 9.52 Å². The van der Waals surface area contributed by atoms with Crippen molar-refractivity contribution in [3.05, 3.63) is 169 Å². The maximum absolute atomic E-state index is 11.3. The Labute approximate surface area is 339 Å². The third-order valence-corrected chi connectivity index (χ3v) is 10.6. The zero-order valence-electron chi connectivity index (χ0n) is 31.0. The fourth-order valence-corrected chi connectivity index (χ4v) is 7.90. The van der Waals surface area contributed by atoms with E-state index < -0.39 is 0 Å². The van der Waals surface area contributed by atoms with Crippen LogP contribution in [0.25, 0.3) is 94.3 Å². The van der Waals surface area contributed by atoms with E-state index in [1.807, 2.05) is 36.4 Å². The number of aromatic hydroxyl groups is 1. The summed E-state index contributed by atoms with van der Waals surface area (Å²) in [6.07, 6.45) is 1.80. The van der Waals surface area contributed by atoms with Crippen molar-refractivity contribution in [2.75, 3.05) is 0 Å². The summed E-state index contributed by atoms with van der Waals surface area (Å²) in [6, 6.07) is 55.3. The molecule has 6 heteroatoms. The molecule has 274 valence electrons.